The van der Waals surface area contributed by atoms with E-state index in [0.717, 1.165) is 11.4 Å². The lowest BCUT2D eigenvalue weighted by molar-refractivity contribution is 0.270. The van der Waals surface area contributed by atoms with Crippen molar-refractivity contribution in [1.82, 2.24) is 14.3 Å². The molecule has 0 saturated heterocycles. The number of hydrogen-bond acceptors (Lipinski definition) is 5. The summed E-state index contributed by atoms with van der Waals surface area (Å²) in [5.74, 6) is 0. The quantitative estimate of drug-likeness (QED) is 0.766. The molecule has 0 spiro atoms. The van der Waals surface area contributed by atoms with Crippen LogP contribution in [0.1, 0.15) is 24.0 Å². The fourth-order valence-electron chi connectivity index (χ4n) is 2.01. The Morgan fingerprint density at radius 2 is 2.29 bits per heavy atom. The van der Waals surface area contributed by atoms with Crippen LogP contribution in [0.4, 0.5) is 0 Å². The number of nitrogens with zero attached hydrogens (tertiary/aromatic N) is 2. The topological polar surface area (TPSA) is 84.2 Å². The molecule has 0 radical (unpaired) electrons. The van der Waals surface area contributed by atoms with E-state index in [4.69, 9.17) is 0 Å². The van der Waals surface area contributed by atoms with E-state index in [1.807, 2.05) is 12.3 Å². The van der Waals surface area contributed by atoms with E-state index in [2.05, 4.69) is 9.71 Å². The Kier molecular flexibility index (Phi) is 5.51. The molecular weight excluding hydrogens is 310 g/mol. The zero-order chi connectivity index (χ0) is 15.3. The number of aliphatic hydroxyl groups is 1. The van der Waals surface area contributed by atoms with Crippen LogP contribution in [0.2, 0.25) is 0 Å². The van der Waals surface area contributed by atoms with Crippen molar-refractivity contribution >= 4 is 21.4 Å². The van der Waals surface area contributed by atoms with Gasteiger partial charge in [-0.1, -0.05) is 6.92 Å². The van der Waals surface area contributed by atoms with E-state index < -0.39 is 10.0 Å². The van der Waals surface area contributed by atoms with Crippen LogP contribution in [0, 0.1) is 0 Å². The minimum atomic E-state index is -3.55. The zero-order valence-electron chi connectivity index (χ0n) is 11.8. The number of aryl methyl sites for hydroxylation is 1. The Morgan fingerprint density at radius 3 is 2.90 bits per heavy atom. The number of aromatic nitrogens is 2. The molecule has 8 heteroatoms. The smallest absolute Gasteiger partial charge is 0.242 e. The highest BCUT2D eigenvalue weighted by Crippen LogP contribution is 2.15. The molecule has 0 aliphatic heterocycles. The van der Waals surface area contributed by atoms with Crippen molar-refractivity contribution in [3.8, 4) is 0 Å². The average Bonchev–Trinajstić information content (AvgIpc) is 3.08. The van der Waals surface area contributed by atoms with Crippen molar-refractivity contribution in [1.29, 1.82) is 0 Å². The van der Waals surface area contributed by atoms with E-state index in [1.165, 1.54) is 17.4 Å². The maximum atomic E-state index is 12.2. The van der Waals surface area contributed by atoms with Crippen LogP contribution < -0.4 is 4.72 Å². The van der Waals surface area contributed by atoms with Crippen molar-refractivity contribution in [3.05, 3.63) is 34.5 Å². The molecular formula is C13H19N3O3S2. The van der Waals surface area contributed by atoms with Gasteiger partial charge in [0.15, 0.2) is 0 Å². The molecule has 0 unspecified atom stereocenters. The van der Waals surface area contributed by atoms with Gasteiger partial charge in [0.1, 0.15) is 0 Å². The highest BCUT2D eigenvalue weighted by molar-refractivity contribution is 7.89. The lowest BCUT2D eigenvalue weighted by atomic mass is 10.4. The molecule has 2 aromatic rings. The molecule has 0 atom stereocenters. The van der Waals surface area contributed by atoms with Gasteiger partial charge in [-0.05, 0) is 12.5 Å². The molecule has 2 rings (SSSR count). The summed E-state index contributed by atoms with van der Waals surface area (Å²) in [6.45, 7) is 2.82. The maximum absolute atomic E-state index is 12.2. The van der Waals surface area contributed by atoms with E-state index in [-0.39, 0.29) is 11.5 Å². The number of sulfonamides is 1. The van der Waals surface area contributed by atoms with Crippen LogP contribution in [0.3, 0.4) is 0 Å². The van der Waals surface area contributed by atoms with Crippen LogP contribution in [-0.2, 0) is 29.6 Å². The molecule has 0 saturated carbocycles. The Bertz CT molecular complexity index is 663. The standard InChI is InChI=1S/C13H19N3O3S2/c1-2-6-16-9-12(8-11(16)10-17)21(18,19)15-4-3-13-14-5-7-20-13/h5,7-9,15,17H,2-4,6,10H2,1H3. The van der Waals surface area contributed by atoms with Crippen LogP contribution in [0.5, 0.6) is 0 Å². The van der Waals surface area contributed by atoms with Crippen molar-refractivity contribution < 1.29 is 13.5 Å². The summed E-state index contributed by atoms with van der Waals surface area (Å²) in [7, 11) is -3.55. The second kappa shape index (κ2) is 7.17. The lowest BCUT2D eigenvalue weighted by Gasteiger charge is -2.04. The van der Waals surface area contributed by atoms with Crippen molar-refractivity contribution in [2.45, 2.75) is 37.8 Å². The fraction of sp³-hybridized carbons (Fsp3) is 0.462. The third-order valence-corrected chi connectivity index (χ3v) is 5.28. The normalized spacial score (nSPS) is 11.9. The molecule has 0 aliphatic rings. The Morgan fingerprint density at radius 1 is 1.48 bits per heavy atom. The molecule has 0 aromatic carbocycles. The number of hydrogen-bond donors (Lipinski definition) is 2. The molecule has 2 heterocycles. The Balaban J connectivity index is 2.04. The summed E-state index contributed by atoms with van der Waals surface area (Å²) in [5.41, 5.74) is 0.608. The van der Waals surface area contributed by atoms with Gasteiger partial charge in [-0.3, -0.25) is 0 Å². The zero-order valence-corrected chi connectivity index (χ0v) is 13.5. The minimum Gasteiger partial charge on any atom is -0.390 e. The first-order valence-electron chi connectivity index (χ1n) is 6.74. The molecule has 2 aromatic heterocycles. The second-order valence-corrected chi connectivity index (χ2v) is 7.34. The van der Waals surface area contributed by atoms with Gasteiger partial charge in [0.25, 0.3) is 0 Å². The third kappa shape index (κ3) is 4.13. The predicted molar refractivity (Wildman–Crippen MR) is 81.7 cm³/mol. The first kappa shape index (κ1) is 16.2. The number of aliphatic hydroxyl groups excluding tert-OH is 1. The van der Waals surface area contributed by atoms with Gasteiger partial charge in [0.05, 0.1) is 16.5 Å². The third-order valence-electron chi connectivity index (χ3n) is 3.01. The van der Waals surface area contributed by atoms with Crippen LogP contribution in [-0.4, -0.2) is 29.6 Å². The highest BCUT2D eigenvalue weighted by atomic mass is 32.2. The molecule has 0 aliphatic carbocycles. The summed E-state index contributed by atoms with van der Waals surface area (Å²) < 4.78 is 28.8. The molecule has 0 amide bonds. The minimum absolute atomic E-state index is 0.172. The van der Waals surface area contributed by atoms with Gasteiger partial charge >= 0.3 is 0 Å². The number of nitrogens with one attached hydrogen (secondary N) is 1. The first-order chi connectivity index (χ1) is 10.1. The highest BCUT2D eigenvalue weighted by Gasteiger charge is 2.17. The van der Waals surface area contributed by atoms with Crippen molar-refractivity contribution in [2.24, 2.45) is 0 Å². The SMILES string of the molecule is CCCn1cc(S(=O)(=O)NCCc2nccs2)cc1CO. The summed E-state index contributed by atoms with van der Waals surface area (Å²) in [6, 6.07) is 1.52. The van der Waals surface area contributed by atoms with Gasteiger partial charge < -0.3 is 9.67 Å². The van der Waals surface area contributed by atoms with Gasteiger partial charge in [-0.2, -0.15) is 0 Å². The maximum Gasteiger partial charge on any atom is 0.242 e. The summed E-state index contributed by atoms with van der Waals surface area (Å²) >= 11 is 1.50. The first-order valence-corrected chi connectivity index (χ1v) is 9.11. The van der Waals surface area contributed by atoms with Gasteiger partial charge in [0, 0.05) is 43.0 Å². The van der Waals surface area contributed by atoms with E-state index >= 15 is 0 Å². The monoisotopic (exact) mass is 329 g/mol. The fourth-order valence-corrected chi connectivity index (χ4v) is 3.72. The summed E-state index contributed by atoms with van der Waals surface area (Å²) in [5, 5.41) is 12.0. The van der Waals surface area contributed by atoms with Crippen molar-refractivity contribution in [3.63, 3.8) is 0 Å². The van der Waals surface area contributed by atoms with Gasteiger partial charge in [-0.25, -0.2) is 18.1 Å². The lowest BCUT2D eigenvalue weighted by Crippen LogP contribution is -2.25. The Labute approximate surface area is 128 Å². The second-order valence-electron chi connectivity index (χ2n) is 4.59. The van der Waals surface area contributed by atoms with Crippen LogP contribution in [0.15, 0.2) is 28.7 Å². The number of thiazole rings is 1. The van der Waals surface area contributed by atoms with Crippen LogP contribution in [0.25, 0.3) is 0 Å². The largest absolute Gasteiger partial charge is 0.390 e. The van der Waals surface area contributed by atoms with E-state index in [9.17, 15) is 13.5 Å². The average molecular weight is 329 g/mol. The summed E-state index contributed by atoms with van der Waals surface area (Å²) in [6.07, 6.45) is 4.71. The van der Waals surface area contributed by atoms with Gasteiger partial charge in [-0.15, -0.1) is 11.3 Å². The molecule has 116 valence electrons. The van der Waals surface area contributed by atoms with Crippen LogP contribution >= 0.6 is 11.3 Å². The molecule has 21 heavy (non-hydrogen) atoms. The van der Waals surface area contributed by atoms with Gasteiger partial charge in [0.2, 0.25) is 10.0 Å². The van der Waals surface area contributed by atoms with E-state index in [0.29, 0.717) is 25.2 Å². The number of rotatable bonds is 8. The predicted octanol–water partition coefficient (Wildman–Crippen LogP) is 1.37. The molecule has 6 nitrogen and oxygen atoms in total. The summed E-state index contributed by atoms with van der Waals surface area (Å²) in [4.78, 5) is 4.30. The Hall–Kier alpha value is -1.22. The molecule has 0 fully saturated rings. The van der Waals surface area contributed by atoms with Crippen molar-refractivity contribution in [2.75, 3.05) is 6.54 Å². The molecule has 0 bridgehead atoms. The van der Waals surface area contributed by atoms with E-state index in [1.54, 1.807) is 17.0 Å². The molecule has 2 N–H and O–H groups in total.